The van der Waals surface area contributed by atoms with Gasteiger partial charge in [-0.1, -0.05) is 0 Å². The van der Waals surface area contributed by atoms with Crippen LogP contribution in [0.2, 0.25) is 0 Å². The molecule has 8 heteroatoms. The van der Waals surface area contributed by atoms with E-state index in [4.69, 9.17) is 5.11 Å². The Hall–Kier alpha value is -0.890. The lowest BCUT2D eigenvalue weighted by Gasteiger charge is -2.17. The maximum atomic E-state index is 12.7. The second-order valence-corrected chi connectivity index (χ2v) is 4.05. The number of halogens is 1. The average Bonchev–Trinajstić information content (AvgIpc) is 2.24. The van der Waals surface area contributed by atoms with Crippen molar-refractivity contribution in [2.75, 3.05) is 6.61 Å². The first-order valence-electron chi connectivity index (χ1n) is 3.42. The number of rotatable bonds is 1. The maximum Gasteiger partial charge on any atom is 0.423 e. The van der Waals surface area contributed by atoms with Gasteiger partial charge in [-0.2, -0.15) is 12.7 Å². The van der Waals surface area contributed by atoms with Gasteiger partial charge in [-0.05, 0) is 6.92 Å². The molecule has 0 aliphatic carbocycles. The van der Waals surface area contributed by atoms with Crippen molar-refractivity contribution in [3.63, 3.8) is 0 Å². The minimum absolute atomic E-state index is 0.00231. The van der Waals surface area contributed by atoms with Crippen molar-refractivity contribution in [3.8, 4) is 0 Å². The Bertz CT molecular complexity index is 313. The van der Waals surface area contributed by atoms with Gasteiger partial charge < -0.3 is 5.11 Å². The van der Waals surface area contributed by atoms with Gasteiger partial charge in [-0.15, -0.1) is 0 Å². The van der Waals surface area contributed by atoms with Crippen molar-refractivity contribution in [1.82, 2.24) is 4.31 Å². The van der Waals surface area contributed by atoms with Crippen LogP contribution in [0.5, 0.6) is 0 Å². The lowest BCUT2D eigenvalue weighted by molar-refractivity contribution is 0.142. The van der Waals surface area contributed by atoms with Crippen LogP contribution in [0.1, 0.15) is 6.92 Å². The summed E-state index contributed by atoms with van der Waals surface area (Å²) in [5.41, 5.74) is 0. The maximum absolute atomic E-state index is 12.7. The lowest BCUT2D eigenvalue weighted by Crippen LogP contribution is -2.42. The first-order valence-corrected chi connectivity index (χ1v) is 4.78. The fraction of sp³-hybridized carbons (Fsp3) is 0.800. The summed E-state index contributed by atoms with van der Waals surface area (Å²) in [7, 11) is -4.29. The van der Waals surface area contributed by atoms with Crippen LogP contribution in [0, 0.1) is 0 Å². The highest BCUT2D eigenvalue weighted by atomic mass is 32.2. The molecule has 0 unspecified atom stereocenters. The van der Waals surface area contributed by atoms with E-state index >= 15 is 0 Å². The Balaban J connectivity index is 3.00. The number of nitrogens with zero attached hydrogens (tertiary/aromatic N) is 1. The molecule has 1 N–H and O–H groups in total. The van der Waals surface area contributed by atoms with Gasteiger partial charge in [0, 0.05) is 0 Å². The highest BCUT2D eigenvalue weighted by Gasteiger charge is 2.45. The van der Waals surface area contributed by atoms with Gasteiger partial charge in [0.2, 0.25) is 0 Å². The van der Waals surface area contributed by atoms with E-state index in [9.17, 15) is 17.6 Å². The van der Waals surface area contributed by atoms with Gasteiger partial charge in [-0.25, -0.2) is 9.18 Å². The molecule has 76 valence electrons. The molecule has 0 aromatic heterocycles. The molecule has 0 aromatic rings. The molecule has 2 atom stereocenters. The first kappa shape index (κ1) is 10.2. The molecule has 1 aliphatic heterocycles. The van der Waals surface area contributed by atoms with E-state index in [1.54, 1.807) is 0 Å². The topological polar surface area (TPSA) is 83.9 Å². The molecule has 1 rings (SSSR count). The molecule has 13 heavy (non-hydrogen) atoms. The number of hydrogen-bond acceptors (Lipinski definition) is 4. The van der Waals surface area contributed by atoms with E-state index < -0.39 is 35.2 Å². The number of amides is 1. The second kappa shape index (κ2) is 3.11. The van der Waals surface area contributed by atoms with Crippen LogP contribution in [0.3, 0.4) is 0 Å². The third-order valence-electron chi connectivity index (χ3n) is 1.65. The summed E-state index contributed by atoms with van der Waals surface area (Å²) in [5, 5.41) is 8.47. The SMILES string of the molecule is C[C@H](F)[C@H]1COS(=O)(=O)N1C(=O)O. The van der Waals surface area contributed by atoms with Crippen molar-refractivity contribution >= 4 is 16.4 Å². The fourth-order valence-electron chi connectivity index (χ4n) is 1.00. The number of carboxylic acid groups (broad SMARTS) is 1. The third-order valence-corrected chi connectivity index (χ3v) is 2.99. The van der Waals surface area contributed by atoms with Crippen LogP contribution in [0.4, 0.5) is 9.18 Å². The Kier molecular flexibility index (Phi) is 2.44. The van der Waals surface area contributed by atoms with Crippen molar-refractivity contribution in [2.45, 2.75) is 19.1 Å². The van der Waals surface area contributed by atoms with Gasteiger partial charge in [0.15, 0.2) is 0 Å². The van der Waals surface area contributed by atoms with E-state index in [2.05, 4.69) is 4.18 Å². The molecule has 0 radical (unpaired) electrons. The molecule has 1 amide bonds. The van der Waals surface area contributed by atoms with Crippen LogP contribution in [0.25, 0.3) is 0 Å². The van der Waals surface area contributed by atoms with Crippen molar-refractivity contribution < 1.29 is 26.9 Å². The molecule has 1 fully saturated rings. The van der Waals surface area contributed by atoms with E-state index in [1.165, 1.54) is 0 Å². The van der Waals surface area contributed by atoms with Crippen molar-refractivity contribution in [3.05, 3.63) is 0 Å². The summed E-state index contributed by atoms with van der Waals surface area (Å²) < 4.78 is 38.6. The molecule has 0 bridgehead atoms. The van der Waals surface area contributed by atoms with Crippen molar-refractivity contribution in [1.29, 1.82) is 0 Å². The molecule has 1 heterocycles. The van der Waals surface area contributed by atoms with E-state index in [0.29, 0.717) is 0 Å². The van der Waals surface area contributed by atoms with Gasteiger partial charge >= 0.3 is 16.4 Å². The lowest BCUT2D eigenvalue weighted by atomic mass is 10.2. The zero-order valence-electron chi connectivity index (χ0n) is 6.68. The zero-order chi connectivity index (χ0) is 10.2. The molecule has 1 aliphatic rings. The quantitative estimate of drug-likeness (QED) is 0.661. The highest BCUT2D eigenvalue weighted by molar-refractivity contribution is 7.85. The predicted molar refractivity (Wildman–Crippen MR) is 39.1 cm³/mol. The summed E-state index contributed by atoms with van der Waals surface area (Å²) in [6.07, 6.45) is -3.32. The summed E-state index contributed by atoms with van der Waals surface area (Å²) in [6.45, 7) is 0.608. The average molecular weight is 213 g/mol. The summed E-state index contributed by atoms with van der Waals surface area (Å²) in [6, 6.07) is -1.28. The first-order chi connectivity index (χ1) is 5.86. The van der Waals surface area contributed by atoms with E-state index in [-0.39, 0.29) is 4.31 Å². The third kappa shape index (κ3) is 1.73. The summed E-state index contributed by atoms with van der Waals surface area (Å²) in [5.74, 6) is 0. The smallest absolute Gasteiger partial charge is 0.423 e. The molecular formula is C5H8FNO5S. The summed E-state index contributed by atoms with van der Waals surface area (Å²) >= 11 is 0. The molecule has 0 spiro atoms. The monoisotopic (exact) mass is 213 g/mol. The Morgan fingerprint density at radius 2 is 2.31 bits per heavy atom. The molecule has 1 saturated heterocycles. The fourth-order valence-corrected chi connectivity index (χ4v) is 2.18. The van der Waals surface area contributed by atoms with Gasteiger partial charge in [0.05, 0.1) is 6.61 Å². The summed E-state index contributed by atoms with van der Waals surface area (Å²) in [4.78, 5) is 10.4. The van der Waals surface area contributed by atoms with E-state index in [1.807, 2.05) is 0 Å². The van der Waals surface area contributed by atoms with Crippen molar-refractivity contribution in [2.24, 2.45) is 0 Å². The second-order valence-electron chi connectivity index (χ2n) is 2.57. The zero-order valence-corrected chi connectivity index (χ0v) is 7.49. The molecule has 6 nitrogen and oxygen atoms in total. The Morgan fingerprint density at radius 1 is 1.77 bits per heavy atom. The van der Waals surface area contributed by atoms with Crippen LogP contribution in [-0.2, 0) is 14.5 Å². The van der Waals surface area contributed by atoms with Crippen LogP contribution >= 0.6 is 0 Å². The number of carbonyl (C=O) groups is 1. The number of alkyl halides is 1. The normalized spacial score (nSPS) is 28.8. The Labute approximate surface area is 74.2 Å². The minimum Gasteiger partial charge on any atom is -0.464 e. The highest BCUT2D eigenvalue weighted by Crippen LogP contribution is 2.22. The van der Waals surface area contributed by atoms with Gasteiger partial charge in [0.1, 0.15) is 12.2 Å². The predicted octanol–water partition coefficient (Wildman–Crippen LogP) is -0.0320. The number of hydrogen-bond donors (Lipinski definition) is 1. The van der Waals surface area contributed by atoms with E-state index in [0.717, 1.165) is 6.92 Å². The molecule has 0 aromatic carbocycles. The minimum atomic E-state index is -4.29. The molecular weight excluding hydrogens is 205 g/mol. The largest absolute Gasteiger partial charge is 0.464 e. The molecule has 0 saturated carbocycles. The van der Waals surface area contributed by atoms with Crippen LogP contribution < -0.4 is 0 Å². The van der Waals surface area contributed by atoms with Crippen LogP contribution in [0.15, 0.2) is 0 Å². The van der Waals surface area contributed by atoms with Crippen LogP contribution in [-0.4, -0.2) is 42.7 Å². The van der Waals surface area contributed by atoms with Gasteiger partial charge in [0.25, 0.3) is 0 Å². The standard InChI is InChI=1S/C5H8FNO5S/c1-3(6)4-2-12-13(10,11)7(4)5(8)9/h3-4H,2H2,1H3,(H,8,9)/t3-,4+/m0/s1. The Morgan fingerprint density at radius 3 is 2.62 bits per heavy atom. The van der Waals surface area contributed by atoms with Gasteiger partial charge in [-0.3, -0.25) is 4.18 Å².